The number of nitrogens with zero attached hydrogens (tertiary/aromatic N) is 4. The van der Waals surface area contributed by atoms with Crippen molar-refractivity contribution in [1.82, 2.24) is 19.7 Å². The van der Waals surface area contributed by atoms with Crippen molar-refractivity contribution in [1.29, 1.82) is 0 Å². The van der Waals surface area contributed by atoms with Gasteiger partial charge in [0.25, 0.3) is 5.91 Å². The summed E-state index contributed by atoms with van der Waals surface area (Å²) in [7, 11) is 1.61. The highest BCUT2D eigenvalue weighted by atomic mass is 16.4. The highest BCUT2D eigenvalue weighted by Gasteiger charge is 2.22. The fraction of sp³-hybridized carbons (Fsp3) is 0.529. The third-order valence-corrected chi connectivity index (χ3v) is 4.25. The molecule has 2 rings (SSSR count). The van der Waals surface area contributed by atoms with E-state index in [2.05, 4.69) is 23.9 Å². The minimum Gasteiger partial charge on any atom is -0.481 e. The van der Waals surface area contributed by atoms with Gasteiger partial charge in [-0.25, -0.2) is 9.67 Å². The largest absolute Gasteiger partial charge is 0.481 e. The number of aliphatic carboxylic acids is 1. The summed E-state index contributed by atoms with van der Waals surface area (Å²) >= 11 is 0. The number of hydrogen-bond donors (Lipinski definition) is 1. The average molecular weight is 332 g/mol. The first-order valence-electron chi connectivity index (χ1n) is 8.09. The van der Waals surface area contributed by atoms with Crippen molar-refractivity contribution >= 4 is 22.9 Å². The van der Waals surface area contributed by atoms with Crippen molar-refractivity contribution in [2.75, 3.05) is 13.6 Å². The van der Waals surface area contributed by atoms with Crippen LogP contribution < -0.4 is 0 Å². The van der Waals surface area contributed by atoms with Crippen molar-refractivity contribution in [3.05, 3.63) is 23.5 Å². The Labute approximate surface area is 141 Å². The lowest BCUT2D eigenvalue weighted by Gasteiger charge is -2.20. The molecule has 0 aliphatic rings. The van der Waals surface area contributed by atoms with Crippen molar-refractivity contribution in [3.63, 3.8) is 0 Å². The molecule has 2 unspecified atom stereocenters. The molecule has 0 aliphatic carbocycles. The van der Waals surface area contributed by atoms with Gasteiger partial charge in [0.2, 0.25) is 0 Å². The highest BCUT2D eigenvalue weighted by molar-refractivity contribution is 6.05. The SMILES string of the molecule is CCC(C)n1ncc2c(C(=O)N(C)CC(C)C(=O)O)cc(C)nc21. The Bertz CT molecular complexity index is 769. The van der Waals surface area contributed by atoms with E-state index in [9.17, 15) is 9.59 Å². The summed E-state index contributed by atoms with van der Waals surface area (Å²) in [6.07, 6.45) is 2.57. The number of fused-ring (bicyclic) bond motifs is 1. The normalized spacial score (nSPS) is 13.7. The fourth-order valence-electron chi connectivity index (χ4n) is 2.59. The maximum atomic E-state index is 12.8. The molecule has 0 saturated heterocycles. The van der Waals surface area contributed by atoms with Crippen molar-refractivity contribution in [3.8, 4) is 0 Å². The summed E-state index contributed by atoms with van der Waals surface area (Å²) in [4.78, 5) is 29.8. The molecule has 0 aliphatic heterocycles. The Hall–Kier alpha value is -2.44. The molecule has 0 bridgehead atoms. The van der Waals surface area contributed by atoms with E-state index in [1.165, 1.54) is 4.90 Å². The van der Waals surface area contributed by atoms with Crippen LogP contribution in [0.2, 0.25) is 0 Å². The lowest BCUT2D eigenvalue weighted by molar-refractivity contribution is -0.141. The smallest absolute Gasteiger partial charge is 0.308 e. The zero-order valence-electron chi connectivity index (χ0n) is 14.8. The lowest BCUT2D eigenvalue weighted by Crippen LogP contribution is -2.33. The first-order chi connectivity index (χ1) is 11.3. The second-order valence-electron chi connectivity index (χ2n) is 6.32. The average Bonchev–Trinajstić information content (AvgIpc) is 2.95. The molecule has 7 heteroatoms. The van der Waals surface area contributed by atoms with Crippen LogP contribution in [0, 0.1) is 12.8 Å². The van der Waals surface area contributed by atoms with Gasteiger partial charge >= 0.3 is 5.97 Å². The van der Waals surface area contributed by atoms with Crippen molar-refractivity contribution in [2.24, 2.45) is 5.92 Å². The van der Waals surface area contributed by atoms with E-state index < -0.39 is 11.9 Å². The molecule has 2 atom stereocenters. The first kappa shape index (κ1) is 17.9. The summed E-state index contributed by atoms with van der Waals surface area (Å²) in [5, 5.41) is 14.1. The number of carbonyl (C=O) groups excluding carboxylic acids is 1. The van der Waals surface area contributed by atoms with Crippen LogP contribution in [0.3, 0.4) is 0 Å². The lowest BCUT2D eigenvalue weighted by atomic mass is 10.1. The van der Waals surface area contributed by atoms with Crippen molar-refractivity contribution in [2.45, 2.75) is 40.2 Å². The van der Waals surface area contributed by atoms with Crippen LogP contribution >= 0.6 is 0 Å². The molecule has 2 aromatic heterocycles. The van der Waals surface area contributed by atoms with E-state index in [-0.39, 0.29) is 18.5 Å². The Morgan fingerprint density at radius 1 is 1.38 bits per heavy atom. The van der Waals surface area contributed by atoms with Crippen LogP contribution in [0.5, 0.6) is 0 Å². The predicted molar refractivity (Wildman–Crippen MR) is 91.0 cm³/mol. The minimum atomic E-state index is -0.921. The van der Waals surface area contributed by atoms with Gasteiger partial charge < -0.3 is 10.0 Å². The van der Waals surface area contributed by atoms with Gasteiger partial charge in [-0.15, -0.1) is 0 Å². The van der Waals surface area contributed by atoms with Gasteiger partial charge in [0.15, 0.2) is 5.65 Å². The van der Waals surface area contributed by atoms with Crippen LogP contribution in [-0.2, 0) is 4.79 Å². The number of aromatic nitrogens is 3. The summed E-state index contributed by atoms with van der Waals surface area (Å²) in [5.74, 6) is -1.77. The number of pyridine rings is 1. The molecule has 2 heterocycles. The molecule has 24 heavy (non-hydrogen) atoms. The molecule has 1 amide bonds. The molecule has 7 nitrogen and oxygen atoms in total. The fourth-order valence-corrected chi connectivity index (χ4v) is 2.59. The van der Waals surface area contributed by atoms with E-state index in [1.807, 2.05) is 11.6 Å². The predicted octanol–water partition coefficient (Wildman–Crippen LogP) is 2.50. The third kappa shape index (κ3) is 3.39. The molecule has 0 radical (unpaired) electrons. The maximum absolute atomic E-state index is 12.8. The van der Waals surface area contributed by atoms with Gasteiger partial charge in [-0.2, -0.15) is 5.10 Å². The maximum Gasteiger partial charge on any atom is 0.308 e. The van der Waals surface area contributed by atoms with Crippen molar-refractivity contribution < 1.29 is 14.7 Å². The standard InChI is InChI=1S/C17H24N4O3/c1-6-12(4)21-15-14(8-18-21)13(7-11(3)19-15)16(22)20(5)9-10(2)17(23)24/h7-8,10,12H,6,9H2,1-5H3,(H,23,24). The van der Waals surface area contributed by atoms with Crippen LogP contribution in [0.15, 0.2) is 12.3 Å². The molecular weight excluding hydrogens is 308 g/mol. The van der Waals surface area contributed by atoms with E-state index in [0.29, 0.717) is 16.6 Å². The van der Waals surface area contributed by atoms with Crippen LogP contribution in [0.1, 0.15) is 49.3 Å². The number of amides is 1. The Morgan fingerprint density at radius 3 is 2.62 bits per heavy atom. The molecule has 1 N–H and O–H groups in total. The topological polar surface area (TPSA) is 88.3 Å². The number of rotatable bonds is 6. The van der Waals surface area contributed by atoms with E-state index in [4.69, 9.17) is 5.11 Å². The van der Waals surface area contributed by atoms with Crippen LogP contribution in [-0.4, -0.2) is 50.2 Å². The van der Waals surface area contributed by atoms with E-state index in [1.54, 1.807) is 26.2 Å². The van der Waals surface area contributed by atoms with Gasteiger partial charge in [0.05, 0.1) is 29.1 Å². The summed E-state index contributed by atoms with van der Waals surface area (Å²) < 4.78 is 1.83. The van der Waals surface area contributed by atoms with Crippen LogP contribution in [0.25, 0.3) is 11.0 Å². The molecule has 0 fully saturated rings. The molecule has 0 aromatic carbocycles. The monoisotopic (exact) mass is 332 g/mol. The number of carbonyl (C=O) groups is 2. The van der Waals surface area contributed by atoms with E-state index in [0.717, 1.165) is 12.1 Å². The van der Waals surface area contributed by atoms with Gasteiger partial charge in [0.1, 0.15) is 0 Å². The number of hydrogen-bond acceptors (Lipinski definition) is 4. The molecule has 0 saturated carbocycles. The highest BCUT2D eigenvalue weighted by Crippen LogP contribution is 2.23. The van der Waals surface area contributed by atoms with E-state index >= 15 is 0 Å². The number of aryl methyl sites for hydroxylation is 1. The zero-order chi connectivity index (χ0) is 18.0. The van der Waals surface area contributed by atoms with Crippen LogP contribution in [0.4, 0.5) is 0 Å². The van der Waals surface area contributed by atoms with Gasteiger partial charge in [-0.1, -0.05) is 13.8 Å². The second kappa shape index (κ2) is 6.98. The van der Waals surface area contributed by atoms with Gasteiger partial charge in [-0.05, 0) is 26.3 Å². The Kier molecular flexibility index (Phi) is 5.21. The minimum absolute atomic E-state index is 0.149. The summed E-state index contributed by atoms with van der Waals surface area (Å²) in [5.41, 5.74) is 1.93. The zero-order valence-corrected chi connectivity index (χ0v) is 14.8. The Balaban J connectivity index is 2.43. The Morgan fingerprint density at radius 2 is 2.04 bits per heavy atom. The molecule has 0 spiro atoms. The molecule has 2 aromatic rings. The van der Waals surface area contributed by atoms with Gasteiger partial charge in [0, 0.05) is 19.3 Å². The molecule has 130 valence electrons. The number of carboxylic acids is 1. The quantitative estimate of drug-likeness (QED) is 0.878. The summed E-state index contributed by atoms with van der Waals surface area (Å²) in [6.45, 7) is 7.70. The molecular formula is C17H24N4O3. The first-order valence-corrected chi connectivity index (χ1v) is 8.09. The number of carboxylic acid groups (broad SMARTS) is 1. The second-order valence-corrected chi connectivity index (χ2v) is 6.32. The third-order valence-electron chi connectivity index (χ3n) is 4.25. The summed E-state index contributed by atoms with van der Waals surface area (Å²) in [6, 6.07) is 1.92. The van der Waals surface area contributed by atoms with Gasteiger partial charge in [-0.3, -0.25) is 9.59 Å².